The molecule has 1 aliphatic heterocycles. The molecule has 0 spiro atoms. The molecule has 1 heterocycles. The summed E-state index contributed by atoms with van der Waals surface area (Å²) in [6, 6.07) is 0.441. The highest BCUT2D eigenvalue weighted by Crippen LogP contribution is 2.05. The number of hydrogen-bond acceptors (Lipinski definition) is 3. The molecule has 1 saturated heterocycles. The Balaban J connectivity index is 2.31. The molecule has 0 amide bonds. The van der Waals surface area contributed by atoms with Crippen LogP contribution in [0.4, 0.5) is 0 Å². The average molecular weight is 184 g/mol. The summed E-state index contributed by atoms with van der Waals surface area (Å²) >= 11 is 0. The van der Waals surface area contributed by atoms with Gasteiger partial charge in [0.05, 0.1) is 6.61 Å². The molecule has 0 saturated carbocycles. The van der Waals surface area contributed by atoms with Crippen molar-refractivity contribution in [1.29, 1.82) is 0 Å². The van der Waals surface area contributed by atoms with Gasteiger partial charge >= 0.3 is 0 Å². The van der Waals surface area contributed by atoms with Crippen LogP contribution in [-0.4, -0.2) is 43.8 Å². The Hall–Kier alpha value is -0.770. The molecule has 0 N–H and O–H groups in total. The molecule has 1 aliphatic rings. The summed E-state index contributed by atoms with van der Waals surface area (Å²) < 4.78 is 5.40. The molecule has 1 fully saturated rings. The van der Waals surface area contributed by atoms with E-state index in [2.05, 4.69) is 21.8 Å². The molecule has 5 heteroatoms. The molecule has 0 bridgehead atoms. The fourth-order valence-corrected chi connectivity index (χ4v) is 1.50. The second-order valence-corrected chi connectivity index (χ2v) is 3.27. The Morgan fingerprint density at radius 2 is 2.54 bits per heavy atom. The molecule has 0 aromatic heterocycles. The summed E-state index contributed by atoms with van der Waals surface area (Å²) in [6.07, 6.45) is 1.07. The van der Waals surface area contributed by atoms with Crippen LogP contribution in [0.1, 0.15) is 13.3 Å². The van der Waals surface area contributed by atoms with Crippen LogP contribution in [0.3, 0.4) is 0 Å². The average Bonchev–Trinajstić information content (AvgIpc) is 2.32. The van der Waals surface area contributed by atoms with Gasteiger partial charge in [-0.15, -0.1) is 0 Å². The topological polar surface area (TPSA) is 61.2 Å². The van der Waals surface area contributed by atoms with Gasteiger partial charge in [0.15, 0.2) is 0 Å². The lowest BCUT2D eigenvalue weighted by molar-refractivity contribution is 0.109. The van der Waals surface area contributed by atoms with E-state index >= 15 is 0 Å². The normalized spacial score (nSPS) is 24.8. The van der Waals surface area contributed by atoms with Gasteiger partial charge in [-0.05, 0) is 18.9 Å². The molecular formula is C8H16N4O. The van der Waals surface area contributed by atoms with E-state index in [0.717, 1.165) is 32.7 Å². The Kier molecular flexibility index (Phi) is 4.60. The molecule has 0 aliphatic carbocycles. The van der Waals surface area contributed by atoms with Crippen molar-refractivity contribution in [2.24, 2.45) is 5.11 Å². The molecule has 13 heavy (non-hydrogen) atoms. The molecule has 1 rings (SSSR count). The summed E-state index contributed by atoms with van der Waals surface area (Å²) in [6.45, 7) is 6.22. The molecular weight excluding hydrogens is 168 g/mol. The molecule has 5 nitrogen and oxygen atoms in total. The van der Waals surface area contributed by atoms with Gasteiger partial charge in [-0.1, -0.05) is 5.11 Å². The van der Waals surface area contributed by atoms with Crippen molar-refractivity contribution < 1.29 is 4.74 Å². The van der Waals surface area contributed by atoms with E-state index in [-0.39, 0.29) is 0 Å². The van der Waals surface area contributed by atoms with Crippen LogP contribution in [0.2, 0.25) is 0 Å². The first-order valence-corrected chi connectivity index (χ1v) is 4.67. The third-order valence-electron chi connectivity index (χ3n) is 2.27. The highest BCUT2D eigenvalue weighted by molar-refractivity contribution is 4.70. The minimum atomic E-state index is 0.441. The monoisotopic (exact) mass is 184 g/mol. The summed E-state index contributed by atoms with van der Waals surface area (Å²) in [5, 5.41) is 3.53. The fourth-order valence-electron chi connectivity index (χ4n) is 1.50. The van der Waals surface area contributed by atoms with E-state index in [1.807, 2.05) is 0 Å². The highest BCUT2D eigenvalue weighted by Gasteiger charge is 2.15. The lowest BCUT2D eigenvalue weighted by Crippen LogP contribution is -2.36. The van der Waals surface area contributed by atoms with Crippen LogP contribution >= 0.6 is 0 Å². The van der Waals surface area contributed by atoms with E-state index in [9.17, 15) is 0 Å². The van der Waals surface area contributed by atoms with Gasteiger partial charge in [0, 0.05) is 37.2 Å². The first-order chi connectivity index (χ1) is 6.34. The minimum Gasteiger partial charge on any atom is -0.380 e. The minimum absolute atomic E-state index is 0.441. The summed E-state index contributed by atoms with van der Waals surface area (Å²) in [5.41, 5.74) is 8.13. The predicted octanol–water partition coefficient (Wildman–Crippen LogP) is 1.41. The number of azide groups is 1. The second kappa shape index (κ2) is 5.80. The Bertz CT molecular complexity index is 191. The SMILES string of the molecule is CC1COCCCN1CCN=[N+]=[N-]. The van der Waals surface area contributed by atoms with E-state index < -0.39 is 0 Å². The zero-order valence-corrected chi connectivity index (χ0v) is 8.02. The highest BCUT2D eigenvalue weighted by atomic mass is 16.5. The van der Waals surface area contributed by atoms with Gasteiger partial charge in [-0.2, -0.15) is 0 Å². The van der Waals surface area contributed by atoms with Crippen molar-refractivity contribution in [3.8, 4) is 0 Å². The lowest BCUT2D eigenvalue weighted by atomic mass is 10.3. The first kappa shape index (κ1) is 10.3. The molecule has 74 valence electrons. The van der Waals surface area contributed by atoms with Crippen molar-refractivity contribution >= 4 is 0 Å². The molecule has 0 aromatic carbocycles. The Morgan fingerprint density at radius 3 is 3.31 bits per heavy atom. The van der Waals surface area contributed by atoms with Crippen molar-refractivity contribution in [3.05, 3.63) is 10.4 Å². The van der Waals surface area contributed by atoms with Crippen LogP contribution in [0.25, 0.3) is 10.4 Å². The molecule has 0 radical (unpaired) electrons. The van der Waals surface area contributed by atoms with E-state index in [4.69, 9.17) is 10.3 Å². The quantitative estimate of drug-likeness (QED) is 0.378. The zero-order valence-electron chi connectivity index (χ0n) is 8.02. The van der Waals surface area contributed by atoms with Crippen molar-refractivity contribution in [2.75, 3.05) is 32.8 Å². The summed E-state index contributed by atoms with van der Waals surface area (Å²) in [7, 11) is 0. The van der Waals surface area contributed by atoms with Crippen LogP contribution in [-0.2, 0) is 4.74 Å². The Labute approximate surface area is 78.3 Å². The van der Waals surface area contributed by atoms with Gasteiger partial charge in [-0.3, -0.25) is 4.90 Å². The van der Waals surface area contributed by atoms with Crippen molar-refractivity contribution in [2.45, 2.75) is 19.4 Å². The van der Waals surface area contributed by atoms with E-state index in [1.165, 1.54) is 0 Å². The number of nitrogens with zero attached hydrogens (tertiary/aromatic N) is 4. The molecule has 0 aromatic rings. The van der Waals surface area contributed by atoms with Gasteiger partial charge in [0.2, 0.25) is 0 Å². The third kappa shape index (κ3) is 3.63. The first-order valence-electron chi connectivity index (χ1n) is 4.67. The maximum Gasteiger partial charge on any atom is 0.0619 e. The third-order valence-corrected chi connectivity index (χ3v) is 2.27. The zero-order chi connectivity index (χ0) is 9.52. The predicted molar refractivity (Wildman–Crippen MR) is 50.5 cm³/mol. The van der Waals surface area contributed by atoms with E-state index in [1.54, 1.807) is 0 Å². The van der Waals surface area contributed by atoms with Gasteiger partial charge in [0.25, 0.3) is 0 Å². The van der Waals surface area contributed by atoms with Gasteiger partial charge in [0.1, 0.15) is 0 Å². The summed E-state index contributed by atoms with van der Waals surface area (Å²) in [5.74, 6) is 0. The van der Waals surface area contributed by atoms with E-state index in [0.29, 0.717) is 12.6 Å². The van der Waals surface area contributed by atoms with Crippen molar-refractivity contribution in [3.63, 3.8) is 0 Å². The number of ether oxygens (including phenoxy) is 1. The van der Waals surface area contributed by atoms with Gasteiger partial charge in [-0.25, -0.2) is 0 Å². The maximum atomic E-state index is 8.13. The largest absolute Gasteiger partial charge is 0.380 e. The smallest absolute Gasteiger partial charge is 0.0619 e. The Morgan fingerprint density at radius 1 is 1.69 bits per heavy atom. The lowest BCUT2D eigenvalue weighted by Gasteiger charge is -2.24. The fraction of sp³-hybridized carbons (Fsp3) is 1.00. The van der Waals surface area contributed by atoms with Gasteiger partial charge < -0.3 is 4.74 Å². The van der Waals surface area contributed by atoms with Crippen LogP contribution in [0.5, 0.6) is 0 Å². The van der Waals surface area contributed by atoms with Crippen LogP contribution < -0.4 is 0 Å². The maximum absolute atomic E-state index is 8.13. The van der Waals surface area contributed by atoms with Crippen LogP contribution in [0.15, 0.2) is 5.11 Å². The standard InChI is InChI=1S/C8H16N4O/c1-8-7-13-6-2-4-12(8)5-3-10-11-9/h8H,2-7H2,1H3. The second-order valence-electron chi connectivity index (χ2n) is 3.27. The number of rotatable bonds is 3. The molecule has 1 atom stereocenters. The van der Waals surface area contributed by atoms with Crippen LogP contribution in [0, 0.1) is 0 Å². The van der Waals surface area contributed by atoms with Crippen molar-refractivity contribution in [1.82, 2.24) is 4.90 Å². The number of hydrogen-bond donors (Lipinski definition) is 0. The molecule has 1 unspecified atom stereocenters. The summed E-state index contributed by atoms with van der Waals surface area (Å²) in [4.78, 5) is 5.04.